The maximum atomic E-state index is 12.5. The number of ether oxygens (including phenoxy) is 1. The Hall–Kier alpha value is -1.44. The molecule has 1 aromatic rings. The van der Waals surface area contributed by atoms with Gasteiger partial charge in [-0.25, -0.2) is 4.98 Å². The van der Waals surface area contributed by atoms with Crippen molar-refractivity contribution in [2.24, 2.45) is 5.41 Å². The molecule has 1 spiro atoms. The summed E-state index contributed by atoms with van der Waals surface area (Å²) >= 11 is 0. The Kier molecular flexibility index (Phi) is 5.18. The standard InChI is InChI=1S/C18H30N4O3/c1-17(2)14(23)10-18(13-22(17)16(24)12-25-3)4-8-21(9-5-18)11-15-19-6-7-20-15/h6-7,14,23H,4-5,8-13H2,1-3H3,(H,19,20)/t14-/m0/s1. The SMILES string of the molecule is COCC(=O)N1CC2(CCN(Cc3ncc[nH]3)CC2)C[C@H](O)C1(C)C. The molecule has 140 valence electrons. The number of aromatic nitrogens is 2. The maximum Gasteiger partial charge on any atom is 0.249 e. The van der Waals surface area contributed by atoms with Crippen LogP contribution in [0.1, 0.15) is 38.9 Å². The first kappa shape index (κ1) is 18.4. The van der Waals surface area contributed by atoms with Gasteiger partial charge in [0.1, 0.15) is 12.4 Å². The van der Waals surface area contributed by atoms with E-state index < -0.39 is 11.6 Å². The summed E-state index contributed by atoms with van der Waals surface area (Å²) in [5, 5.41) is 10.8. The van der Waals surface area contributed by atoms with Crippen LogP contribution in [0.3, 0.4) is 0 Å². The van der Waals surface area contributed by atoms with Gasteiger partial charge in [0.2, 0.25) is 5.91 Å². The number of hydrogen-bond donors (Lipinski definition) is 2. The van der Waals surface area contributed by atoms with E-state index >= 15 is 0 Å². The smallest absolute Gasteiger partial charge is 0.249 e. The Morgan fingerprint density at radius 1 is 1.44 bits per heavy atom. The molecule has 0 radical (unpaired) electrons. The quantitative estimate of drug-likeness (QED) is 0.847. The number of rotatable bonds is 4. The number of carbonyl (C=O) groups excluding carboxylic acids is 1. The number of piperidine rings is 2. The van der Waals surface area contributed by atoms with Gasteiger partial charge < -0.3 is 19.7 Å². The molecule has 1 amide bonds. The first-order chi connectivity index (χ1) is 11.9. The van der Waals surface area contributed by atoms with Crippen LogP contribution >= 0.6 is 0 Å². The molecule has 0 saturated carbocycles. The number of carbonyl (C=O) groups is 1. The number of nitrogens with zero attached hydrogens (tertiary/aromatic N) is 3. The van der Waals surface area contributed by atoms with Crippen LogP contribution in [-0.2, 0) is 16.1 Å². The fourth-order valence-electron chi connectivity index (χ4n) is 4.20. The minimum absolute atomic E-state index is 0.00198. The van der Waals surface area contributed by atoms with Crippen molar-refractivity contribution < 1.29 is 14.6 Å². The van der Waals surface area contributed by atoms with Crippen LogP contribution < -0.4 is 0 Å². The highest BCUT2D eigenvalue weighted by Gasteiger charge is 2.50. The van der Waals surface area contributed by atoms with Crippen molar-refractivity contribution in [3.63, 3.8) is 0 Å². The van der Waals surface area contributed by atoms with E-state index in [9.17, 15) is 9.90 Å². The zero-order chi connectivity index (χ0) is 18.1. The monoisotopic (exact) mass is 350 g/mol. The molecular formula is C18H30N4O3. The van der Waals surface area contributed by atoms with Gasteiger partial charge in [-0.05, 0) is 51.6 Å². The average molecular weight is 350 g/mol. The summed E-state index contributed by atoms with van der Waals surface area (Å²) in [6.45, 7) is 7.41. The van der Waals surface area contributed by atoms with Crippen LogP contribution in [0, 0.1) is 5.41 Å². The number of imidazole rings is 1. The third-order valence-electron chi connectivity index (χ3n) is 6.04. The molecule has 3 heterocycles. The van der Waals surface area contributed by atoms with Gasteiger partial charge in [0.15, 0.2) is 0 Å². The third-order valence-corrected chi connectivity index (χ3v) is 6.04. The number of aliphatic hydroxyl groups is 1. The topological polar surface area (TPSA) is 81.7 Å². The molecule has 7 nitrogen and oxygen atoms in total. The molecular weight excluding hydrogens is 320 g/mol. The van der Waals surface area contributed by atoms with Crippen molar-refractivity contribution in [2.45, 2.75) is 51.3 Å². The number of aliphatic hydroxyl groups excluding tert-OH is 1. The molecule has 3 rings (SSSR count). The molecule has 1 aromatic heterocycles. The molecule has 0 aromatic carbocycles. The fourth-order valence-corrected chi connectivity index (χ4v) is 4.20. The van der Waals surface area contributed by atoms with Gasteiger partial charge in [0.05, 0.1) is 18.2 Å². The average Bonchev–Trinajstić information content (AvgIpc) is 3.07. The Morgan fingerprint density at radius 2 is 2.16 bits per heavy atom. The van der Waals surface area contributed by atoms with Crippen LogP contribution in [0.25, 0.3) is 0 Å². The fraction of sp³-hybridized carbons (Fsp3) is 0.778. The van der Waals surface area contributed by atoms with Gasteiger partial charge in [0.25, 0.3) is 0 Å². The van der Waals surface area contributed by atoms with Crippen molar-refractivity contribution in [3.05, 3.63) is 18.2 Å². The summed E-state index contributed by atoms with van der Waals surface area (Å²) in [4.78, 5) is 24.2. The molecule has 2 fully saturated rings. The second-order valence-electron chi connectivity index (χ2n) is 8.10. The summed E-state index contributed by atoms with van der Waals surface area (Å²) < 4.78 is 5.05. The van der Waals surface area contributed by atoms with Gasteiger partial charge in [-0.3, -0.25) is 9.69 Å². The number of amides is 1. The number of hydrogen-bond acceptors (Lipinski definition) is 5. The predicted molar refractivity (Wildman–Crippen MR) is 93.8 cm³/mol. The second-order valence-corrected chi connectivity index (χ2v) is 8.10. The molecule has 0 aliphatic carbocycles. The number of likely N-dealkylation sites (tertiary alicyclic amines) is 2. The first-order valence-electron chi connectivity index (χ1n) is 9.04. The summed E-state index contributed by atoms with van der Waals surface area (Å²) in [7, 11) is 1.54. The lowest BCUT2D eigenvalue weighted by molar-refractivity contribution is -0.163. The van der Waals surface area contributed by atoms with Crippen LogP contribution in [0.4, 0.5) is 0 Å². The van der Waals surface area contributed by atoms with E-state index in [1.807, 2.05) is 24.9 Å². The zero-order valence-corrected chi connectivity index (χ0v) is 15.5. The second kappa shape index (κ2) is 7.05. The minimum Gasteiger partial charge on any atom is -0.391 e. The molecule has 1 atom stereocenters. The summed E-state index contributed by atoms with van der Waals surface area (Å²) in [5.74, 6) is 0.946. The third kappa shape index (κ3) is 3.73. The Balaban J connectivity index is 1.67. The van der Waals surface area contributed by atoms with E-state index in [2.05, 4.69) is 14.9 Å². The van der Waals surface area contributed by atoms with E-state index in [4.69, 9.17) is 4.74 Å². The lowest BCUT2D eigenvalue weighted by Gasteiger charge is -2.56. The van der Waals surface area contributed by atoms with Crippen molar-refractivity contribution in [1.29, 1.82) is 0 Å². The van der Waals surface area contributed by atoms with Gasteiger partial charge in [-0.2, -0.15) is 0 Å². The normalized spacial score (nSPS) is 26.1. The van der Waals surface area contributed by atoms with E-state index in [0.29, 0.717) is 6.54 Å². The van der Waals surface area contributed by atoms with Gasteiger partial charge in [0, 0.05) is 26.0 Å². The molecule has 7 heteroatoms. The van der Waals surface area contributed by atoms with Gasteiger partial charge in [-0.15, -0.1) is 0 Å². The van der Waals surface area contributed by atoms with Crippen LogP contribution in [-0.4, -0.2) is 75.8 Å². The van der Waals surface area contributed by atoms with Crippen molar-refractivity contribution in [1.82, 2.24) is 19.8 Å². The zero-order valence-electron chi connectivity index (χ0n) is 15.5. The largest absolute Gasteiger partial charge is 0.391 e. The summed E-state index contributed by atoms with van der Waals surface area (Å²) in [6.07, 6.45) is 5.83. The van der Waals surface area contributed by atoms with Gasteiger partial charge >= 0.3 is 0 Å². The van der Waals surface area contributed by atoms with E-state index in [-0.39, 0.29) is 17.9 Å². The number of H-pyrrole nitrogens is 1. The molecule has 2 saturated heterocycles. The highest BCUT2D eigenvalue weighted by atomic mass is 16.5. The molecule has 2 aliphatic heterocycles. The molecule has 25 heavy (non-hydrogen) atoms. The maximum absolute atomic E-state index is 12.5. The molecule has 2 N–H and O–H groups in total. The lowest BCUT2D eigenvalue weighted by Crippen LogP contribution is -2.65. The van der Waals surface area contributed by atoms with Crippen molar-refractivity contribution >= 4 is 5.91 Å². The predicted octanol–water partition coefficient (Wildman–Crippen LogP) is 1.01. The van der Waals surface area contributed by atoms with Gasteiger partial charge in [-0.1, -0.05) is 0 Å². The number of aromatic amines is 1. The van der Waals surface area contributed by atoms with Crippen LogP contribution in [0.15, 0.2) is 12.4 Å². The Labute approximate surface area is 149 Å². The number of methoxy groups -OCH3 is 1. The van der Waals surface area contributed by atoms with E-state index in [1.165, 1.54) is 7.11 Å². The van der Waals surface area contributed by atoms with Crippen LogP contribution in [0.5, 0.6) is 0 Å². The summed E-state index contributed by atoms with van der Waals surface area (Å²) in [5.41, 5.74) is -0.551. The Bertz CT molecular complexity index is 579. The lowest BCUT2D eigenvalue weighted by atomic mass is 9.67. The molecule has 0 bridgehead atoms. The first-order valence-corrected chi connectivity index (χ1v) is 9.04. The highest BCUT2D eigenvalue weighted by molar-refractivity contribution is 5.78. The van der Waals surface area contributed by atoms with Crippen molar-refractivity contribution in [2.75, 3.05) is 33.4 Å². The molecule has 2 aliphatic rings. The number of nitrogens with one attached hydrogen (secondary N) is 1. The summed E-state index contributed by atoms with van der Waals surface area (Å²) in [6, 6.07) is 0. The minimum atomic E-state index is -0.549. The highest BCUT2D eigenvalue weighted by Crippen LogP contribution is 2.45. The van der Waals surface area contributed by atoms with Crippen molar-refractivity contribution in [3.8, 4) is 0 Å². The van der Waals surface area contributed by atoms with E-state index in [1.54, 1.807) is 6.20 Å². The Morgan fingerprint density at radius 3 is 2.76 bits per heavy atom. The molecule has 0 unspecified atom stereocenters. The van der Waals surface area contributed by atoms with Crippen LogP contribution in [0.2, 0.25) is 0 Å². The van der Waals surface area contributed by atoms with E-state index in [0.717, 1.165) is 44.7 Å².